The standard InChI is InChI=1S/C13H19NO3S/c1-10(6-7-14)18(15,16)9-12-8-11-4-2-3-5-13(11)17-12/h2-5,10,12H,6-9,14H2,1H3. The predicted molar refractivity (Wildman–Crippen MR) is 71.5 cm³/mol. The van der Waals surface area contributed by atoms with Crippen LogP contribution in [-0.2, 0) is 16.3 Å². The van der Waals surface area contributed by atoms with Crippen LogP contribution in [0.4, 0.5) is 0 Å². The SMILES string of the molecule is CC(CCN)S(=O)(=O)CC1Cc2ccccc2O1. The first-order chi connectivity index (χ1) is 8.53. The first-order valence-electron chi connectivity index (χ1n) is 6.19. The molecule has 2 N–H and O–H groups in total. The van der Waals surface area contributed by atoms with Crippen molar-refractivity contribution in [3.63, 3.8) is 0 Å². The highest BCUT2D eigenvalue weighted by molar-refractivity contribution is 7.92. The van der Waals surface area contributed by atoms with Crippen LogP contribution in [0.1, 0.15) is 18.9 Å². The van der Waals surface area contributed by atoms with E-state index in [-0.39, 0.29) is 11.9 Å². The first kappa shape index (κ1) is 13.4. The van der Waals surface area contributed by atoms with Crippen molar-refractivity contribution in [1.82, 2.24) is 0 Å². The summed E-state index contributed by atoms with van der Waals surface area (Å²) in [6.45, 7) is 2.11. The van der Waals surface area contributed by atoms with Crippen molar-refractivity contribution < 1.29 is 13.2 Å². The molecule has 0 aromatic heterocycles. The van der Waals surface area contributed by atoms with E-state index in [1.165, 1.54) is 0 Å². The lowest BCUT2D eigenvalue weighted by Gasteiger charge is -2.15. The van der Waals surface area contributed by atoms with E-state index in [2.05, 4.69) is 0 Å². The molecule has 5 heteroatoms. The van der Waals surface area contributed by atoms with Crippen molar-refractivity contribution in [1.29, 1.82) is 0 Å². The van der Waals surface area contributed by atoms with Gasteiger partial charge >= 0.3 is 0 Å². The summed E-state index contributed by atoms with van der Waals surface area (Å²) < 4.78 is 29.8. The second-order valence-electron chi connectivity index (χ2n) is 4.77. The molecule has 1 aliphatic heterocycles. The van der Waals surface area contributed by atoms with Crippen molar-refractivity contribution in [3.05, 3.63) is 29.8 Å². The fraction of sp³-hybridized carbons (Fsp3) is 0.538. The number of hydrogen-bond acceptors (Lipinski definition) is 4. The van der Waals surface area contributed by atoms with Gasteiger partial charge in [0.1, 0.15) is 11.9 Å². The number of rotatable bonds is 5. The maximum Gasteiger partial charge on any atom is 0.156 e. The zero-order valence-corrected chi connectivity index (χ0v) is 11.3. The van der Waals surface area contributed by atoms with Crippen LogP contribution in [0.15, 0.2) is 24.3 Å². The molecule has 1 aromatic rings. The molecule has 0 saturated carbocycles. The Balaban J connectivity index is 2.01. The molecule has 18 heavy (non-hydrogen) atoms. The van der Waals surface area contributed by atoms with Gasteiger partial charge in [0.25, 0.3) is 0 Å². The fourth-order valence-electron chi connectivity index (χ4n) is 2.18. The van der Waals surface area contributed by atoms with Crippen LogP contribution >= 0.6 is 0 Å². The molecule has 0 aliphatic carbocycles. The number of fused-ring (bicyclic) bond motifs is 1. The summed E-state index contributed by atoms with van der Waals surface area (Å²) in [5.41, 5.74) is 6.49. The van der Waals surface area contributed by atoms with Crippen LogP contribution in [0.2, 0.25) is 0 Å². The molecule has 0 radical (unpaired) electrons. The van der Waals surface area contributed by atoms with Crippen LogP contribution < -0.4 is 10.5 Å². The first-order valence-corrected chi connectivity index (χ1v) is 7.90. The van der Waals surface area contributed by atoms with Gasteiger partial charge in [-0.25, -0.2) is 8.42 Å². The Bertz CT molecular complexity index is 488. The Morgan fingerprint density at radius 1 is 1.44 bits per heavy atom. The van der Waals surface area contributed by atoms with Gasteiger partial charge in [-0.05, 0) is 31.5 Å². The minimum atomic E-state index is -3.13. The average Bonchev–Trinajstić information content (AvgIpc) is 2.70. The van der Waals surface area contributed by atoms with Crippen LogP contribution in [-0.4, -0.2) is 32.1 Å². The summed E-state index contributed by atoms with van der Waals surface area (Å²) in [7, 11) is -3.13. The molecule has 100 valence electrons. The van der Waals surface area contributed by atoms with E-state index in [4.69, 9.17) is 10.5 Å². The van der Waals surface area contributed by atoms with Crippen molar-refractivity contribution in [2.75, 3.05) is 12.3 Å². The molecule has 2 atom stereocenters. The summed E-state index contributed by atoms with van der Waals surface area (Å²) in [4.78, 5) is 0. The van der Waals surface area contributed by atoms with Gasteiger partial charge in [-0.15, -0.1) is 0 Å². The third-order valence-corrected chi connectivity index (χ3v) is 5.62. The van der Waals surface area contributed by atoms with Crippen LogP contribution in [0.25, 0.3) is 0 Å². The number of benzene rings is 1. The largest absolute Gasteiger partial charge is 0.489 e. The summed E-state index contributed by atoms with van der Waals surface area (Å²) >= 11 is 0. The Morgan fingerprint density at radius 2 is 2.17 bits per heavy atom. The maximum atomic E-state index is 12.1. The third-order valence-electron chi connectivity index (χ3n) is 3.32. The molecule has 0 spiro atoms. The van der Waals surface area contributed by atoms with E-state index >= 15 is 0 Å². The lowest BCUT2D eigenvalue weighted by Crippen LogP contribution is -2.32. The minimum absolute atomic E-state index is 0.0723. The van der Waals surface area contributed by atoms with Gasteiger partial charge in [-0.2, -0.15) is 0 Å². The van der Waals surface area contributed by atoms with Crippen molar-refractivity contribution in [2.24, 2.45) is 5.73 Å². The van der Waals surface area contributed by atoms with E-state index < -0.39 is 15.1 Å². The quantitative estimate of drug-likeness (QED) is 0.870. The molecule has 2 rings (SSSR count). The molecule has 1 heterocycles. The molecule has 0 fully saturated rings. The molecule has 1 aliphatic rings. The van der Waals surface area contributed by atoms with Crippen LogP contribution in [0.3, 0.4) is 0 Å². The summed E-state index contributed by atoms with van der Waals surface area (Å²) in [5.74, 6) is 0.882. The average molecular weight is 269 g/mol. The van der Waals surface area contributed by atoms with Gasteiger partial charge in [0.15, 0.2) is 9.84 Å². The lowest BCUT2D eigenvalue weighted by atomic mass is 10.1. The summed E-state index contributed by atoms with van der Waals surface area (Å²) in [6.07, 6.45) is 0.917. The minimum Gasteiger partial charge on any atom is -0.489 e. The van der Waals surface area contributed by atoms with Gasteiger partial charge in [-0.1, -0.05) is 18.2 Å². The number of ether oxygens (including phenoxy) is 1. The van der Waals surface area contributed by atoms with Crippen molar-refractivity contribution in [3.8, 4) is 5.75 Å². The fourth-order valence-corrected chi connectivity index (χ4v) is 3.71. The van der Waals surface area contributed by atoms with E-state index in [1.54, 1.807) is 6.92 Å². The topological polar surface area (TPSA) is 69.4 Å². The molecular formula is C13H19NO3S. The number of sulfone groups is 1. The molecule has 2 unspecified atom stereocenters. The second-order valence-corrected chi connectivity index (χ2v) is 7.23. The lowest BCUT2D eigenvalue weighted by molar-refractivity contribution is 0.256. The number of hydrogen-bond donors (Lipinski definition) is 1. The molecule has 4 nitrogen and oxygen atoms in total. The Hall–Kier alpha value is -1.07. The summed E-state index contributed by atoms with van der Waals surface area (Å²) in [6, 6.07) is 7.69. The monoisotopic (exact) mass is 269 g/mol. The molecule has 0 amide bonds. The number of nitrogens with two attached hydrogens (primary N) is 1. The molecule has 0 bridgehead atoms. The van der Waals surface area contributed by atoms with Gasteiger partial charge in [0, 0.05) is 6.42 Å². The van der Waals surface area contributed by atoms with Crippen molar-refractivity contribution >= 4 is 9.84 Å². The molecule has 0 saturated heterocycles. The zero-order valence-electron chi connectivity index (χ0n) is 10.5. The molecule has 1 aromatic carbocycles. The van der Waals surface area contributed by atoms with E-state index in [0.29, 0.717) is 19.4 Å². The van der Waals surface area contributed by atoms with Crippen LogP contribution in [0.5, 0.6) is 5.75 Å². The zero-order chi connectivity index (χ0) is 13.2. The Kier molecular flexibility index (Phi) is 3.92. The maximum absolute atomic E-state index is 12.1. The van der Waals surface area contributed by atoms with E-state index in [0.717, 1.165) is 11.3 Å². The summed E-state index contributed by atoms with van der Waals surface area (Å²) in [5, 5.41) is -0.394. The van der Waals surface area contributed by atoms with Crippen molar-refractivity contribution in [2.45, 2.75) is 31.1 Å². The predicted octanol–water partition coefficient (Wildman–Crippen LogP) is 1.14. The number of para-hydroxylation sites is 1. The highest BCUT2D eigenvalue weighted by atomic mass is 32.2. The second kappa shape index (κ2) is 5.28. The highest BCUT2D eigenvalue weighted by Crippen LogP contribution is 2.29. The van der Waals surface area contributed by atoms with Crippen LogP contribution in [0, 0.1) is 0 Å². The van der Waals surface area contributed by atoms with Gasteiger partial charge in [-0.3, -0.25) is 0 Å². The van der Waals surface area contributed by atoms with Gasteiger partial charge < -0.3 is 10.5 Å². The van der Waals surface area contributed by atoms with Gasteiger partial charge in [0.05, 0.1) is 11.0 Å². The highest BCUT2D eigenvalue weighted by Gasteiger charge is 2.30. The van der Waals surface area contributed by atoms with E-state index in [1.807, 2.05) is 24.3 Å². The molecular weight excluding hydrogens is 250 g/mol. The van der Waals surface area contributed by atoms with Gasteiger partial charge in [0.2, 0.25) is 0 Å². The third kappa shape index (κ3) is 2.84. The van der Waals surface area contributed by atoms with E-state index in [9.17, 15) is 8.42 Å². The normalized spacial score (nSPS) is 20.2. The Morgan fingerprint density at radius 3 is 2.83 bits per heavy atom. The smallest absolute Gasteiger partial charge is 0.156 e. The Labute approximate surface area is 108 Å².